The quantitative estimate of drug-likeness (QED) is 0.280. The van der Waals surface area contributed by atoms with E-state index in [4.69, 9.17) is 0 Å². The number of likely N-dealkylation sites (tertiary alicyclic amines) is 1. The molecule has 5 heteroatoms. The molecule has 1 fully saturated rings. The first-order valence-corrected chi connectivity index (χ1v) is 13.4. The number of carbonyl (C=O) groups excluding carboxylic acids is 3. The summed E-state index contributed by atoms with van der Waals surface area (Å²) in [4.78, 5) is 44.0. The molecule has 0 bridgehead atoms. The van der Waals surface area contributed by atoms with Crippen LogP contribution in [0.15, 0.2) is 84.9 Å². The lowest BCUT2D eigenvalue weighted by Gasteiger charge is -2.37. The Kier molecular flexibility index (Phi) is 7.22. The molecule has 1 N–H and O–H groups in total. The van der Waals surface area contributed by atoms with Crippen LogP contribution < -0.4 is 5.32 Å². The van der Waals surface area contributed by atoms with Gasteiger partial charge in [0, 0.05) is 35.7 Å². The molecule has 3 aromatic carbocycles. The van der Waals surface area contributed by atoms with Crippen molar-refractivity contribution in [2.75, 3.05) is 11.9 Å². The summed E-state index contributed by atoms with van der Waals surface area (Å²) in [5, 5.41) is 3.02. The highest BCUT2D eigenvalue weighted by Crippen LogP contribution is 2.56. The average Bonchev–Trinajstić information content (AvgIpc) is 3.45. The number of ketones is 1. The van der Waals surface area contributed by atoms with Gasteiger partial charge in [-0.05, 0) is 18.1 Å². The van der Waals surface area contributed by atoms with Gasteiger partial charge in [-0.15, -0.1) is 0 Å². The second-order valence-electron chi connectivity index (χ2n) is 10.2. The largest absolute Gasteiger partial charge is 0.323 e. The van der Waals surface area contributed by atoms with Crippen LogP contribution in [-0.2, 0) is 15.1 Å². The van der Waals surface area contributed by atoms with Gasteiger partial charge < -0.3 is 10.2 Å². The minimum absolute atomic E-state index is 0.0624. The van der Waals surface area contributed by atoms with E-state index in [0.29, 0.717) is 29.8 Å². The Balaban J connectivity index is 1.63. The van der Waals surface area contributed by atoms with Gasteiger partial charge in [0.25, 0.3) is 5.91 Å². The number of amides is 2. The van der Waals surface area contributed by atoms with Crippen LogP contribution in [0.25, 0.3) is 0 Å². The molecule has 2 aliphatic rings. The minimum atomic E-state index is -1.38. The van der Waals surface area contributed by atoms with Gasteiger partial charge in [0.1, 0.15) is 0 Å². The number of fused-ring (bicyclic) bond motifs is 2. The fourth-order valence-corrected chi connectivity index (χ4v) is 6.21. The minimum Gasteiger partial charge on any atom is -0.323 e. The van der Waals surface area contributed by atoms with E-state index in [0.717, 1.165) is 37.7 Å². The van der Waals surface area contributed by atoms with Gasteiger partial charge in [0.15, 0.2) is 11.3 Å². The fraction of sp³-hybridized carbons (Fsp3) is 0.344. The van der Waals surface area contributed by atoms with Crippen LogP contribution >= 0.6 is 0 Å². The normalized spacial score (nSPS) is 22.2. The molecule has 2 aliphatic heterocycles. The summed E-state index contributed by atoms with van der Waals surface area (Å²) in [5.74, 6) is -1.52. The Bertz CT molecular complexity index is 1270. The second kappa shape index (κ2) is 10.7. The smallest absolute Gasteiger partial charge is 0.255 e. The zero-order valence-corrected chi connectivity index (χ0v) is 21.4. The van der Waals surface area contributed by atoms with Crippen molar-refractivity contribution in [3.8, 4) is 0 Å². The van der Waals surface area contributed by atoms with Crippen LogP contribution in [-0.4, -0.2) is 29.0 Å². The molecule has 0 saturated carbocycles. The van der Waals surface area contributed by atoms with Crippen molar-refractivity contribution in [1.29, 1.82) is 0 Å². The van der Waals surface area contributed by atoms with Gasteiger partial charge in [-0.25, -0.2) is 0 Å². The maximum Gasteiger partial charge on any atom is 0.255 e. The molecule has 5 nitrogen and oxygen atoms in total. The third-order valence-electron chi connectivity index (χ3n) is 7.95. The van der Waals surface area contributed by atoms with Crippen molar-refractivity contribution in [3.63, 3.8) is 0 Å². The van der Waals surface area contributed by atoms with Gasteiger partial charge >= 0.3 is 0 Å². The Morgan fingerprint density at radius 1 is 0.865 bits per heavy atom. The van der Waals surface area contributed by atoms with Crippen molar-refractivity contribution in [2.45, 2.75) is 56.9 Å². The summed E-state index contributed by atoms with van der Waals surface area (Å²) in [6.07, 6.45) is 5.53. The number of para-hydroxylation sites is 1. The highest BCUT2D eigenvalue weighted by Gasteiger charge is 2.66. The van der Waals surface area contributed by atoms with Gasteiger partial charge in [0.2, 0.25) is 5.91 Å². The van der Waals surface area contributed by atoms with Gasteiger partial charge in [-0.1, -0.05) is 111 Å². The molecule has 190 valence electrons. The molecule has 1 saturated heterocycles. The number of hydrogen-bond acceptors (Lipinski definition) is 3. The number of unbranched alkanes of at least 4 members (excludes halogenated alkanes) is 4. The number of Topliss-reactive ketones (excluding diaryl/α,β-unsaturated/α-hetero) is 1. The number of nitrogens with zero attached hydrogens (tertiary/aromatic N) is 1. The van der Waals surface area contributed by atoms with Crippen LogP contribution in [0.3, 0.4) is 0 Å². The first kappa shape index (κ1) is 24.9. The van der Waals surface area contributed by atoms with E-state index < -0.39 is 11.5 Å². The number of nitrogens with one attached hydrogen (secondary N) is 1. The number of rotatable bonds is 9. The van der Waals surface area contributed by atoms with Gasteiger partial charge in [-0.2, -0.15) is 0 Å². The van der Waals surface area contributed by atoms with Crippen molar-refractivity contribution in [3.05, 3.63) is 102 Å². The first-order valence-electron chi connectivity index (χ1n) is 13.4. The van der Waals surface area contributed by atoms with Crippen molar-refractivity contribution in [1.82, 2.24) is 4.90 Å². The van der Waals surface area contributed by atoms with E-state index in [1.54, 1.807) is 17.0 Å². The Morgan fingerprint density at radius 3 is 2.24 bits per heavy atom. The van der Waals surface area contributed by atoms with E-state index in [2.05, 4.69) is 12.2 Å². The predicted octanol–water partition coefficient (Wildman–Crippen LogP) is 6.32. The van der Waals surface area contributed by atoms with E-state index in [-0.39, 0.29) is 23.5 Å². The molecule has 5 rings (SSSR count). The molecule has 37 heavy (non-hydrogen) atoms. The molecule has 0 aliphatic carbocycles. The average molecular weight is 495 g/mol. The summed E-state index contributed by atoms with van der Waals surface area (Å²) in [6, 6.07) is 26.5. The topological polar surface area (TPSA) is 66.5 Å². The molecular formula is C32H34N2O3. The van der Waals surface area contributed by atoms with Crippen molar-refractivity contribution < 1.29 is 14.4 Å². The maximum absolute atomic E-state index is 14.3. The number of benzene rings is 3. The van der Waals surface area contributed by atoms with Gasteiger partial charge in [-0.3, -0.25) is 14.4 Å². The second-order valence-corrected chi connectivity index (χ2v) is 10.2. The lowest BCUT2D eigenvalue weighted by molar-refractivity contribution is -0.143. The summed E-state index contributed by atoms with van der Waals surface area (Å²) < 4.78 is 0. The number of anilines is 1. The predicted molar refractivity (Wildman–Crippen MR) is 145 cm³/mol. The van der Waals surface area contributed by atoms with Crippen molar-refractivity contribution >= 4 is 23.3 Å². The number of hydrogen-bond donors (Lipinski definition) is 1. The maximum atomic E-state index is 14.3. The van der Waals surface area contributed by atoms with E-state index in [9.17, 15) is 14.4 Å². The summed E-state index contributed by atoms with van der Waals surface area (Å²) in [5.41, 5.74) is 1.52. The Labute approximate surface area is 218 Å². The third kappa shape index (κ3) is 4.37. The Morgan fingerprint density at radius 2 is 1.51 bits per heavy atom. The molecule has 3 aromatic rings. The van der Waals surface area contributed by atoms with E-state index in [1.807, 2.05) is 72.8 Å². The van der Waals surface area contributed by atoms with E-state index >= 15 is 0 Å². The standard InChI is InChI=1S/C32H34N2O3/c1-2-3-4-5-12-21-28(35)34-22-25(23-15-8-6-9-16-23)29(30(36)24-17-10-7-11-18-24)32(34)26-19-13-14-20-27(26)33-31(32)37/h6-11,13-20,25,29H,2-5,12,21-22H2,1H3,(H,33,37). The lowest BCUT2D eigenvalue weighted by Crippen LogP contribution is -2.54. The highest BCUT2D eigenvalue weighted by atomic mass is 16.2. The van der Waals surface area contributed by atoms with E-state index in [1.165, 1.54) is 0 Å². The van der Waals surface area contributed by atoms with Crippen LogP contribution in [0.2, 0.25) is 0 Å². The molecule has 1 spiro atoms. The van der Waals surface area contributed by atoms with Gasteiger partial charge in [0.05, 0.1) is 5.92 Å². The van der Waals surface area contributed by atoms with Crippen LogP contribution in [0.5, 0.6) is 0 Å². The molecule has 0 aromatic heterocycles. The monoisotopic (exact) mass is 494 g/mol. The molecule has 3 atom stereocenters. The molecule has 3 unspecified atom stereocenters. The third-order valence-corrected chi connectivity index (χ3v) is 7.95. The summed E-state index contributed by atoms with van der Waals surface area (Å²) in [6.45, 7) is 2.49. The molecular weight excluding hydrogens is 460 g/mol. The Hall–Kier alpha value is -3.73. The van der Waals surface area contributed by atoms with Crippen LogP contribution in [0.1, 0.15) is 72.9 Å². The number of carbonyl (C=O) groups is 3. The fourth-order valence-electron chi connectivity index (χ4n) is 6.21. The zero-order chi connectivity index (χ0) is 25.8. The molecule has 2 amide bonds. The lowest BCUT2D eigenvalue weighted by atomic mass is 9.70. The molecule has 2 heterocycles. The van der Waals surface area contributed by atoms with Crippen molar-refractivity contribution in [2.24, 2.45) is 5.92 Å². The molecule has 0 radical (unpaired) electrons. The SMILES string of the molecule is CCCCCCCC(=O)N1CC(c2ccccc2)C(C(=O)c2ccccc2)C12C(=O)Nc1ccccc12. The summed E-state index contributed by atoms with van der Waals surface area (Å²) in [7, 11) is 0. The first-order chi connectivity index (χ1) is 18.1. The zero-order valence-electron chi connectivity index (χ0n) is 21.4. The summed E-state index contributed by atoms with van der Waals surface area (Å²) >= 11 is 0. The van der Waals surface area contributed by atoms with Crippen LogP contribution in [0.4, 0.5) is 5.69 Å². The van der Waals surface area contributed by atoms with Crippen LogP contribution in [0, 0.1) is 5.92 Å². The highest BCUT2D eigenvalue weighted by molar-refractivity contribution is 6.13.